The molecule has 3 aromatic rings. The highest BCUT2D eigenvalue weighted by Gasteiger charge is 2.38. The zero-order valence-electron chi connectivity index (χ0n) is 20.6. The van der Waals surface area contributed by atoms with E-state index in [0.29, 0.717) is 31.5 Å². The highest BCUT2D eigenvalue weighted by Crippen LogP contribution is 2.37. The molecule has 0 amide bonds. The SMILES string of the molecule is Cc1ccc(S(=O)(=O)NC(C)C)c(C2(O)CCN(Cc3cccc(Oc4ccccc4)c3)CC2)c1. The molecule has 0 atom stereocenters. The molecular weight excluding hydrogens is 460 g/mol. The first-order chi connectivity index (χ1) is 16.6. The molecule has 2 N–H and O–H groups in total. The summed E-state index contributed by atoms with van der Waals surface area (Å²) in [4.78, 5) is 2.45. The van der Waals surface area contributed by atoms with Gasteiger partial charge in [0.1, 0.15) is 11.5 Å². The second-order valence-corrected chi connectivity index (χ2v) is 11.3. The van der Waals surface area contributed by atoms with Crippen molar-refractivity contribution in [2.24, 2.45) is 0 Å². The fourth-order valence-electron chi connectivity index (χ4n) is 4.56. The summed E-state index contributed by atoms with van der Waals surface area (Å²) >= 11 is 0. The predicted octanol–water partition coefficient (Wildman–Crippen LogP) is 4.96. The first-order valence-corrected chi connectivity index (χ1v) is 13.5. The Bertz CT molecular complexity index is 1250. The standard InChI is InChI=1S/C28H34N2O4S/c1-21(2)29-35(32,33)27-13-12-22(3)18-26(27)28(31)14-16-30(17-15-28)20-23-8-7-11-25(19-23)34-24-9-5-4-6-10-24/h4-13,18-19,21,29,31H,14-17,20H2,1-3H3. The van der Waals surface area contributed by atoms with E-state index in [1.54, 1.807) is 26.0 Å². The summed E-state index contributed by atoms with van der Waals surface area (Å²) in [5.41, 5.74) is 1.35. The van der Waals surface area contributed by atoms with Crippen LogP contribution in [0.1, 0.15) is 43.4 Å². The highest BCUT2D eigenvalue weighted by atomic mass is 32.2. The molecule has 0 bridgehead atoms. The number of sulfonamides is 1. The van der Waals surface area contributed by atoms with Crippen LogP contribution >= 0.6 is 0 Å². The summed E-state index contributed by atoms with van der Waals surface area (Å²) in [7, 11) is -3.72. The van der Waals surface area contributed by atoms with Crippen LogP contribution in [-0.2, 0) is 22.2 Å². The molecule has 0 spiro atoms. The summed E-state index contributed by atoms with van der Waals surface area (Å²) in [6.45, 7) is 7.54. The van der Waals surface area contributed by atoms with Crippen molar-refractivity contribution < 1.29 is 18.3 Å². The quantitative estimate of drug-likeness (QED) is 0.463. The van der Waals surface area contributed by atoms with Crippen LogP contribution in [-0.4, -0.2) is 37.6 Å². The normalized spacial score (nSPS) is 16.4. The topological polar surface area (TPSA) is 78.9 Å². The Morgan fingerprint density at radius 3 is 2.34 bits per heavy atom. The van der Waals surface area contributed by atoms with Crippen LogP contribution in [0.2, 0.25) is 0 Å². The maximum absolute atomic E-state index is 13.0. The first-order valence-electron chi connectivity index (χ1n) is 12.0. The van der Waals surface area contributed by atoms with Gasteiger partial charge in [0.05, 0.1) is 10.5 Å². The number of aliphatic hydroxyl groups is 1. The molecule has 3 aromatic carbocycles. The van der Waals surface area contributed by atoms with Gasteiger partial charge in [0.25, 0.3) is 0 Å². The van der Waals surface area contributed by atoms with Gasteiger partial charge in [-0.05, 0) is 69.5 Å². The Balaban J connectivity index is 1.46. The lowest BCUT2D eigenvalue weighted by Gasteiger charge is -2.39. The van der Waals surface area contributed by atoms with E-state index in [9.17, 15) is 13.5 Å². The number of benzene rings is 3. The maximum Gasteiger partial charge on any atom is 0.241 e. The first kappa shape index (κ1) is 25.4. The van der Waals surface area contributed by atoms with Gasteiger partial charge in [0, 0.05) is 31.2 Å². The molecule has 1 aliphatic heterocycles. The van der Waals surface area contributed by atoms with Gasteiger partial charge in [0.2, 0.25) is 10.0 Å². The highest BCUT2D eigenvalue weighted by molar-refractivity contribution is 7.89. The minimum absolute atomic E-state index is 0.165. The van der Waals surface area contributed by atoms with Gasteiger partial charge in [0.15, 0.2) is 0 Å². The third-order valence-electron chi connectivity index (χ3n) is 6.28. The minimum atomic E-state index is -3.72. The molecule has 1 aliphatic rings. The van der Waals surface area contributed by atoms with Gasteiger partial charge < -0.3 is 9.84 Å². The van der Waals surface area contributed by atoms with Crippen molar-refractivity contribution in [2.45, 2.75) is 56.7 Å². The van der Waals surface area contributed by atoms with E-state index in [4.69, 9.17) is 4.74 Å². The predicted molar refractivity (Wildman–Crippen MR) is 138 cm³/mol. The van der Waals surface area contributed by atoms with E-state index >= 15 is 0 Å². The number of para-hydroxylation sites is 1. The van der Waals surface area contributed by atoms with Crippen LogP contribution in [0.3, 0.4) is 0 Å². The van der Waals surface area contributed by atoms with Crippen LogP contribution in [0, 0.1) is 6.92 Å². The van der Waals surface area contributed by atoms with Crippen LogP contribution < -0.4 is 9.46 Å². The summed E-state index contributed by atoms with van der Waals surface area (Å²) in [5, 5.41) is 11.6. The number of aryl methyl sites for hydroxylation is 1. The van der Waals surface area contributed by atoms with Crippen molar-refractivity contribution in [2.75, 3.05) is 13.1 Å². The summed E-state index contributed by atoms with van der Waals surface area (Å²) < 4.78 is 34.6. The smallest absolute Gasteiger partial charge is 0.241 e. The Kier molecular flexibility index (Phi) is 7.62. The minimum Gasteiger partial charge on any atom is -0.457 e. The molecule has 1 saturated heterocycles. The molecular formula is C28H34N2O4S. The van der Waals surface area contributed by atoms with E-state index in [0.717, 1.165) is 29.2 Å². The number of rotatable bonds is 8. The average Bonchev–Trinajstić information content (AvgIpc) is 2.81. The number of piperidine rings is 1. The Hall–Kier alpha value is -2.71. The molecule has 4 rings (SSSR count). The molecule has 186 valence electrons. The van der Waals surface area contributed by atoms with Crippen molar-refractivity contribution in [1.82, 2.24) is 9.62 Å². The average molecular weight is 495 g/mol. The molecule has 1 heterocycles. The largest absolute Gasteiger partial charge is 0.457 e. The van der Waals surface area contributed by atoms with Crippen molar-refractivity contribution >= 4 is 10.0 Å². The molecule has 0 unspecified atom stereocenters. The molecule has 1 fully saturated rings. The molecule has 0 aromatic heterocycles. The number of ether oxygens (including phenoxy) is 1. The van der Waals surface area contributed by atoms with Crippen molar-refractivity contribution in [3.63, 3.8) is 0 Å². The van der Waals surface area contributed by atoms with Crippen LogP contribution in [0.4, 0.5) is 0 Å². The van der Waals surface area contributed by atoms with E-state index < -0.39 is 15.6 Å². The zero-order chi connectivity index (χ0) is 25.1. The summed E-state index contributed by atoms with van der Waals surface area (Å²) in [6.07, 6.45) is 0.918. The van der Waals surface area contributed by atoms with E-state index in [1.807, 2.05) is 61.5 Å². The monoisotopic (exact) mass is 494 g/mol. The lowest BCUT2D eigenvalue weighted by atomic mass is 9.83. The Labute approximate surface area is 208 Å². The fraction of sp³-hybridized carbons (Fsp3) is 0.357. The lowest BCUT2D eigenvalue weighted by Crippen LogP contribution is -2.43. The second-order valence-electron chi connectivity index (χ2n) is 9.65. The number of nitrogens with one attached hydrogen (secondary N) is 1. The number of hydrogen-bond donors (Lipinski definition) is 2. The number of hydrogen-bond acceptors (Lipinski definition) is 5. The zero-order valence-corrected chi connectivity index (χ0v) is 21.4. The Morgan fingerprint density at radius 2 is 1.66 bits per heavy atom. The van der Waals surface area contributed by atoms with Gasteiger partial charge in [-0.1, -0.05) is 48.0 Å². The third-order valence-corrected chi connectivity index (χ3v) is 8.00. The second kappa shape index (κ2) is 10.5. The van der Waals surface area contributed by atoms with Gasteiger partial charge in [-0.3, -0.25) is 4.90 Å². The summed E-state index contributed by atoms with van der Waals surface area (Å²) in [6, 6.07) is 22.7. The number of likely N-dealkylation sites (tertiary alicyclic amines) is 1. The fourth-order valence-corrected chi connectivity index (χ4v) is 6.09. The molecule has 0 radical (unpaired) electrons. The van der Waals surface area contributed by atoms with Crippen LogP contribution in [0.5, 0.6) is 11.5 Å². The molecule has 0 saturated carbocycles. The van der Waals surface area contributed by atoms with Gasteiger partial charge >= 0.3 is 0 Å². The van der Waals surface area contributed by atoms with Crippen molar-refractivity contribution in [1.29, 1.82) is 0 Å². The van der Waals surface area contributed by atoms with E-state index in [-0.39, 0.29) is 10.9 Å². The van der Waals surface area contributed by atoms with E-state index in [2.05, 4.69) is 15.7 Å². The van der Waals surface area contributed by atoms with Crippen molar-refractivity contribution in [3.8, 4) is 11.5 Å². The summed E-state index contributed by atoms with van der Waals surface area (Å²) in [5.74, 6) is 1.58. The van der Waals surface area contributed by atoms with Gasteiger partial charge in [-0.15, -0.1) is 0 Å². The van der Waals surface area contributed by atoms with Gasteiger partial charge in [-0.25, -0.2) is 13.1 Å². The molecule has 6 nitrogen and oxygen atoms in total. The molecule has 0 aliphatic carbocycles. The lowest BCUT2D eigenvalue weighted by molar-refractivity contribution is -0.0299. The van der Waals surface area contributed by atoms with E-state index in [1.165, 1.54) is 0 Å². The van der Waals surface area contributed by atoms with Gasteiger partial charge in [-0.2, -0.15) is 0 Å². The van der Waals surface area contributed by atoms with Crippen LogP contribution in [0.25, 0.3) is 0 Å². The molecule has 7 heteroatoms. The van der Waals surface area contributed by atoms with Crippen LogP contribution in [0.15, 0.2) is 77.7 Å². The maximum atomic E-state index is 13.0. The number of nitrogens with zero attached hydrogens (tertiary/aromatic N) is 1. The third kappa shape index (κ3) is 6.30. The van der Waals surface area contributed by atoms with Crippen molar-refractivity contribution in [3.05, 3.63) is 89.5 Å². The Morgan fingerprint density at radius 1 is 0.971 bits per heavy atom. The molecule has 35 heavy (non-hydrogen) atoms.